The Morgan fingerprint density at radius 2 is 1.71 bits per heavy atom. The molecule has 2 aromatic carbocycles. The van der Waals surface area contributed by atoms with Crippen molar-refractivity contribution in [2.75, 3.05) is 11.9 Å². The fraction of sp³-hybridized carbons (Fsp3) is 0.188. The predicted octanol–water partition coefficient (Wildman–Crippen LogP) is 3.14. The highest BCUT2D eigenvalue weighted by Gasteiger charge is 2.09. The van der Waals surface area contributed by atoms with Gasteiger partial charge in [-0.3, -0.25) is 4.79 Å². The third-order valence-electron chi connectivity index (χ3n) is 2.75. The van der Waals surface area contributed by atoms with Gasteiger partial charge in [0, 0.05) is 17.3 Å². The van der Waals surface area contributed by atoms with Crippen molar-refractivity contribution in [1.82, 2.24) is 0 Å². The van der Waals surface area contributed by atoms with E-state index in [1.807, 2.05) is 6.92 Å². The van der Waals surface area contributed by atoms with E-state index in [1.54, 1.807) is 24.3 Å². The van der Waals surface area contributed by atoms with Crippen LogP contribution in [-0.4, -0.2) is 22.7 Å². The Kier molecular flexibility index (Phi) is 4.66. The van der Waals surface area contributed by atoms with E-state index in [9.17, 15) is 15.0 Å². The van der Waals surface area contributed by atoms with Gasteiger partial charge in [-0.2, -0.15) is 0 Å². The molecule has 0 spiro atoms. The van der Waals surface area contributed by atoms with Crippen LogP contribution in [0.25, 0.3) is 0 Å². The molecule has 0 aliphatic heterocycles. The number of nitrogens with one attached hydrogen (secondary N) is 1. The molecule has 0 fully saturated rings. The molecule has 110 valence electrons. The molecule has 5 nitrogen and oxygen atoms in total. The zero-order valence-electron chi connectivity index (χ0n) is 11.7. The Labute approximate surface area is 122 Å². The SMILES string of the molecule is CCCOc1ccc(NC(=O)c2cc(O)cc(O)c2)cc1. The highest BCUT2D eigenvalue weighted by atomic mass is 16.5. The van der Waals surface area contributed by atoms with Gasteiger partial charge in [-0.15, -0.1) is 0 Å². The summed E-state index contributed by atoms with van der Waals surface area (Å²) in [6, 6.07) is 10.7. The molecule has 5 heteroatoms. The third-order valence-corrected chi connectivity index (χ3v) is 2.75. The summed E-state index contributed by atoms with van der Waals surface area (Å²) < 4.78 is 5.45. The quantitative estimate of drug-likeness (QED) is 0.789. The number of carbonyl (C=O) groups is 1. The van der Waals surface area contributed by atoms with Crippen molar-refractivity contribution >= 4 is 11.6 Å². The van der Waals surface area contributed by atoms with E-state index < -0.39 is 5.91 Å². The van der Waals surface area contributed by atoms with E-state index in [-0.39, 0.29) is 17.1 Å². The second kappa shape index (κ2) is 6.65. The number of amides is 1. The van der Waals surface area contributed by atoms with Crippen LogP contribution in [0.3, 0.4) is 0 Å². The van der Waals surface area contributed by atoms with Gasteiger partial charge in [0.25, 0.3) is 5.91 Å². The van der Waals surface area contributed by atoms with E-state index in [4.69, 9.17) is 4.74 Å². The number of anilines is 1. The first kappa shape index (κ1) is 14.7. The van der Waals surface area contributed by atoms with E-state index in [0.717, 1.165) is 18.2 Å². The average Bonchev–Trinajstić information content (AvgIpc) is 2.45. The van der Waals surface area contributed by atoms with Gasteiger partial charge in [0.1, 0.15) is 17.2 Å². The topological polar surface area (TPSA) is 78.8 Å². The molecule has 0 bridgehead atoms. The molecule has 0 aliphatic rings. The van der Waals surface area contributed by atoms with E-state index in [1.165, 1.54) is 12.1 Å². The van der Waals surface area contributed by atoms with Gasteiger partial charge >= 0.3 is 0 Å². The van der Waals surface area contributed by atoms with Crippen LogP contribution in [0.5, 0.6) is 17.2 Å². The molecule has 0 aliphatic carbocycles. The summed E-state index contributed by atoms with van der Waals surface area (Å²) in [5.74, 6) is 0.000188. The lowest BCUT2D eigenvalue weighted by atomic mass is 10.2. The highest BCUT2D eigenvalue weighted by molar-refractivity contribution is 6.04. The van der Waals surface area contributed by atoms with Crippen LogP contribution < -0.4 is 10.1 Å². The standard InChI is InChI=1S/C16H17NO4/c1-2-7-21-15-5-3-12(4-6-15)17-16(20)11-8-13(18)10-14(19)9-11/h3-6,8-10,18-19H,2,7H2,1H3,(H,17,20). The fourth-order valence-corrected chi connectivity index (χ4v) is 1.78. The number of hydrogen-bond acceptors (Lipinski definition) is 4. The number of carbonyl (C=O) groups excluding carboxylic acids is 1. The predicted molar refractivity (Wildman–Crippen MR) is 80.0 cm³/mol. The monoisotopic (exact) mass is 287 g/mol. The molecule has 0 aromatic heterocycles. The van der Waals surface area contributed by atoms with Gasteiger partial charge in [0.2, 0.25) is 0 Å². The first-order chi connectivity index (χ1) is 10.1. The molecule has 1 amide bonds. The molecule has 0 heterocycles. The van der Waals surface area contributed by atoms with Crippen molar-refractivity contribution in [3.8, 4) is 17.2 Å². The normalized spacial score (nSPS) is 10.1. The number of ether oxygens (including phenoxy) is 1. The Morgan fingerprint density at radius 3 is 2.29 bits per heavy atom. The van der Waals surface area contributed by atoms with Crippen LogP contribution in [0.1, 0.15) is 23.7 Å². The van der Waals surface area contributed by atoms with Crippen molar-refractivity contribution in [3.05, 3.63) is 48.0 Å². The lowest BCUT2D eigenvalue weighted by Crippen LogP contribution is -2.11. The molecule has 0 saturated heterocycles. The van der Waals surface area contributed by atoms with Crippen molar-refractivity contribution < 1.29 is 19.7 Å². The molecule has 3 N–H and O–H groups in total. The number of phenols is 2. The number of aromatic hydroxyl groups is 2. The van der Waals surface area contributed by atoms with Crippen molar-refractivity contribution in [2.24, 2.45) is 0 Å². The Hall–Kier alpha value is -2.69. The van der Waals surface area contributed by atoms with Crippen LogP contribution >= 0.6 is 0 Å². The average molecular weight is 287 g/mol. The zero-order valence-corrected chi connectivity index (χ0v) is 11.7. The first-order valence-corrected chi connectivity index (χ1v) is 6.65. The molecular formula is C16H17NO4. The number of benzene rings is 2. The van der Waals surface area contributed by atoms with Crippen LogP contribution in [-0.2, 0) is 0 Å². The van der Waals surface area contributed by atoms with E-state index in [2.05, 4.69) is 5.32 Å². The van der Waals surface area contributed by atoms with Gasteiger partial charge in [0.05, 0.1) is 6.61 Å². The summed E-state index contributed by atoms with van der Waals surface area (Å²) in [5, 5.41) is 21.4. The van der Waals surface area contributed by atoms with Gasteiger partial charge < -0.3 is 20.3 Å². The molecule has 0 unspecified atom stereocenters. The highest BCUT2D eigenvalue weighted by Crippen LogP contribution is 2.22. The summed E-state index contributed by atoms with van der Waals surface area (Å²) in [6.45, 7) is 2.67. The van der Waals surface area contributed by atoms with E-state index in [0.29, 0.717) is 12.3 Å². The number of hydrogen-bond donors (Lipinski definition) is 3. The zero-order chi connectivity index (χ0) is 15.2. The third kappa shape index (κ3) is 4.14. The first-order valence-electron chi connectivity index (χ1n) is 6.65. The molecular weight excluding hydrogens is 270 g/mol. The summed E-state index contributed by atoms with van der Waals surface area (Å²) in [4.78, 5) is 12.0. The van der Waals surface area contributed by atoms with E-state index >= 15 is 0 Å². The van der Waals surface area contributed by atoms with Crippen LogP contribution in [0.4, 0.5) is 5.69 Å². The van der Waals surface area contributed by atoms with Gasteiger partial charge in [-0.1, -0.05) is 6.92 Å². The molecule has 21 heavy (non-hydrogen) atoms. The van der Waals surface area contributed by atoms with Gasteiger partial charge in [-0.05, 0) is 42.8 Å². The van der Waals surface area contributed by atoms with Crippen molar-refractivity contribution in [1.29, 1.82) is 0 Å². The summed E-state index contributed by atoms with van der Waals surface area (Å²) in [6.07, 6.45) is 0.930. The second-order valence-electron chi connectivity index (χ2n) is 4.57. The molecule has 2 rings (SSSR count). The summed E-state index contributed by atoms with van der Waals surface area (Å²) >= 11 is 0. The van der Waals surface area contributed by atoms with Gasteiger partial charge in [0.15, 0.2) is 0 Å². The molecule has 0 saturated carbocycles. The Balaban J connectivity index is 2.05. The maximum atomic E-state index is 12.0. The minimum atomic E-state index is -0.413. The largest absolute Gasteiger partial charge is 0.508 e. The van der Waals surface area contributed by atoms with Crippen molar-refractivity contribution in [2.45, 2.75) is 13.3 Å². The fourth-order valence-electron chi connectivity index (χ4n) is 1.78. The maximum absolute atomic E-state index is 12.0. The molecule has 2 aromatic rings. The minimum absolute atomic E-state index is 0.163. The number of phenolic OH excluding ortho intramolecular Hbond substituents is 2. The lowest BCUT2D eigenvalue weighted by molar-refractivity contribution is 0.102. The Morgan fingerprint density at radius 1 is 1.10 bits per heavy atom. The maximum Gasteiger partial charge on any atom is 0.255 e. The minimum Gasteiger partial charge on any atom is -0.508 e. The second-order valence-corrected chi connectivity index (χ2v) is 4.57. The summed E-state index contributed by atoms with van der Waals surface area (Å²) in [5.41, 5.74) is 0.783. The number of rotatable bonds is 5. The van der Waals surface area contributed by atoms with Crippen LogP contribution in [0.15, 0.2) is 42.5 Å². The molecule has 0 radical (unpaired) electrons. The van der Waals surface area contributed by atoms with Gasteiger partial charge in [-0.25, -0.2) is 0 Å². The summed E-state index contributed by atoms with van der Waals surface area (Å²) in [7, 11) is 0. The van der Waals surface area contributed by atoms with Crippen LogP contribution in [0, 0.1) is 0 Å². The lowest BCUT2D eigenvalue weighted by Gasteiger charge is -2.08. The van der Waals surface area contributed by atoms with Crippen molar-refractivity contribution in [3.63, 3.8) is 0 Å². The molecule has 0 atom stereocenters. The Bertz CT molecular complexity index is 602. The van der Waals surface area contributed by atoms with Crippen LogP contribution in [0.2, 0.25) is 0 Å². The smallest absolute Gasteiger partial charge is 0.255 e.